The lowest BCUT2D eigenvalue weighted by molar-refractivity contribution is -0.115. The van der Waals surface area contributed by atoms with Crippen molar-refractivity contribution in [3.63, 3.8) is 0 Å². The maximum atomic E-state index is 12.6. The normalized spacial score (nSPS) is 20.1. The summed E-state index contributed by atoms with van der Waals surface area (Å²) < 4.78 is 29.9. The zero-order chi connectivity index (χ0) is 23.6. The van der Waals surface area contributed by atoms with Crippen LogP contribution in [0.2, 0.25) is 0 Å². The van der Waals surface area contributed by atoms with Gasteiger partial charge in [0.1, 0.15) is 0 Å². The number of benzene rings is 1. The number of thiazole rings is 1. The number of amides is 1. The number of hydrogen-bond acceptors (Lipinski definition) is 7. The summed E-state index contributed by atoms with van der Waals surface area (Å²) in [5, 5.41) is 3.57. The smallest absolute Gasteiger partial charge is 0.230 e. The molecule has 2 aliphatic rings. The van der Waals surface area contributed by atoms with Gasteiger partial charge >= 0.3 is 0 Å². The number of fused-ring (bicyclic) bond motifs is 1. The lowest BCUT2D eigenvalue weighted by Gasteiger charge is -2.32. The molecule has 0 spiro atoms. The summed E-state index contributed by atoms with van der Waals surface area (Å²) in [4.78, 5) is 21.4. The Hall–Kier alpha value is -1.81. The zero-order valence-corrected chi connectivity index (χ0v) is 21.2. The molecule has 1 fully saturated rings. The summed E-state index contributed by atoms with van der Waals surface area (Å²) in [7, 11) is -3.24. The van der Waals surface area contributed by atoms with E-state index in [-0.39, 0.29) is 43.9 Å². The number of carbonyl (C=O) groups is 1. The maximum Gasteiger partial charge on any atom is 0.230 e. The first kappa shape index (κ1) is 29.4. The number of sulfone groups is 1. The molecule has 0 aliphatic carbocycles. The Morgan fingerprint density at radius 3 is 2.54 bits per heavy atom. The molecule has 35 heavy (non-hydrogen) atoms. The summed E-state index contributed by atoms with van der Waals surface area (Å²) in [6.45, 7) is 8.69. The molecule has 2 aromatic rings. The predicted octanol–water partition coefficient (Wildman–Crippen LogP) is 5.47. The summed E-state index contributed by atoms with van der Waals surface area (Å²) in [6.07, 6.45) is 3.99. The quantitative estimate of drug-likeness (QED) is 0.493. The van der Waals surface area contributed by atoms with Crippen LogP contribution in [0.5, 0.6) is 0 Å². The Labute approximate surface area is 215 Å². The van der Waals surface area contributed by atoms with Gasteiger partial charge in [-0.2, -0.15) is 0 Å². The van der Waals surface area contributed by atoms with Crippen molar-refractivity contribution in [1.82, 2.24) is 9.88 Å². The molecular weight excluding hydrogens is 482 g/mol. The third-order valence-corrected chi connectivity index (χ3v) is 9.09. The number of nitrogens with zero attached hydrogens (tertiary/aromatic N) is 2. The molecule has 196 valence electrons. The molecule has 1 saturated heterocycles. The van der Waals surface area contributed by atoms with Gasteiger partial charge in [0.25, 0.3) is 0 Å². The van der Waals surface area contributed by atoms with E-state index in [9.17, 15) is 13.2 Å². The van der Waals surface area contributed by atoms with Gasteiger partial charge in [-0.1, -0.05) is 47.8 Å². The summed E-state index contributed by atoms with van der Waals surface area (Å²) in [5.74, 6) is 0.324. The minimum atomic E-state index is -3.24. The van der Waals surface area contributed by atoms with Gasteiger partial charge in [0.2, 0.25) is 5.91 Å². The molecular formula is C26H41N3O4S2. The van der Waals surface area contributed by atoms with Gasteiger partial charge in [-0.15, -0.1) is 11.3 Å². The van der Waals surface area contributed by atoms with Crippen molar-refractivity contribution in [2.45, 2.75) is 84.9 Å². The number of ether oxygens (including phenoxy) is 1. The molecule has 2 aliphatic heterocycles. The van der Waals surface area contributed by atoms with Crippen LogP contribution in [0.25, 0.3) is 0 Å². The predicted molar refractivity (Wildman–Crippen MR) is 144 cm³/mol. The van der Waals surface area contributed by atoms with Crippen LogP contribution in [-0.4, -0.2) is 49.2 Å². The van der Waals surface area contributed by atoms with Crippen molar-refractivity contribution in [2.75, 3.05) is 24.2 Å². The Bertz CT molecular complexity index is 1070. The zero-order valence-electron chi connectivity index (χ0n) is 19.5. The van der Waals surface area contributed by atoms with E-state index in [1.54, 1.807) is 42.5 Å². The molecule has 3 heterocycles. The molecule has 0 unspecified atom stereocenters. The topological polar surface area (TPSA) is 88.6 Å². The Kier molecular flexibility index (Phi) is 10.4. The fraction of sp³-hybridized carbons (Fsp3) is 0.615. The van der Waals surface area contributed by atoms with Crippen LogP contribution in [0, 0.1) is 5.92 Å². The maximum absolute atomic E-state index is 12.6. The van der Waals surface area contributed by atoms with Crippen LogP contribution >= 0.6 is 11.3 Å². The van der Waals surface area contributed by atoms with Crippen LogP contribution in [0.4, 0.5) is 5.13 Å². The number of hydrogen-bond donors (Lipinski definition) is 1. The molecule has 0 radical (unpaired) electrons. The van der Waals surface area contributed by atoms with Gasteiger partial charge in [0.05, 0.1) is 34.9 Å². The second-order valence-electron chi connectivity index (χ2n) is 9.21. The summed E-state index contributed by atoms with van der Waals surface area (Å²) >= 11 is 1.55. The van der Waals surface area contributed by atoms with Gasteiger partial charge in [0, 0.05) is 24.6 Å². The van der Waals surface area contributed by atoms with Crippen molar-refractivity contribution >= 4 is 32.2 Å². The number of rotatable bonds is 8. The first-order valence-electron chi connectivity index (χ1n) is 11.7. The van der Waals surface area contributed by atoms with E-state index in [1.165, 1.54) is 11.3 Å². The Morgan fingerprint density at radius 1 is 1.23 bits per heavy atom. The number of anilines is 1. The molecule has 7 nitrogen and oxygen atoms in total. The van der Waals surface area contributed by atoms with Crippen molar-refractivity contribution in [3.8, 4) is 0 Å². The van der Waals surface area contributed by atoms with Crippen molar-refractivity contribution in [2.24, 2.45) is 5.92 Å². The van der Waals surface area contributed by atoms with E-state index in [1.807, 2.05) is 0 Å². The second-order valence-corrected chi connectivity index (χ2v) is 12.6. The van der Waals surface area contributed by atoms with Gasteiger partial charge in [0.15, 0.2) is 15.0 Å². The van der Waals surface area contributed by atoms with Crippen molar-refractivity contribution in [1.29, 1.82) is 0 Å². The van der Waals surface area contributed by atoms with Crippen molar-refractivity contribution in [3.05, 3.63) is 40.4 Å². The number of aromatic nitrogens is 1. The summed E-state index contributed by atoms with van der Waals surface area (Å²) in [6, 6.07) is 6.77. The SMILES string of the molecule is C.C.CCS(=O)(=O)c1ccc(CC(=O)Nc2nc3c(s2)CN(C[C@H]2CCCCO2)[C@H]3C(C)C)cc1. The van der Waals surface area contributed by atoms with Crippen LogP contribution < -0.4 is 5.32 Å². The molecule has 1 aromatic carbocycles. The van der Waals surface area contributed by atoms with Crippen LogP contribution in [0.1, 0.15) is 77.1 Å². The molecule has 1 aromatic heterocycles. The highest BCUT2D eigenvalue weighted by atomic mass is 32.2. The highest BCUT2D eigenvalue weighted by Crippen LogP contribution is 2.42. The molecule has 1 amide bonds. The second kappa shape index (κ2) is 12.4. The Balaban J connectivity index is 0.00000216. The number of carbonyl (C=O) groups excluding carboxylic acids is 1. The lowest BCUT2D eigenvalue weighted by atomic mass is 10.0. The van der Waals surface area contributed by atoms with Crippen LogP contribution in [-0.2, 0) is 32.3 Å². The Morgan fingerprint density at radius 2 is 1.94 bits per heavy atom. The molecule has 0 saturated carbocycles. The molecule has 0 bridgehead atoms. The first-order valence-corrected chi connectivity index (χ1v) is 14.2. The third kappa shape index (κ3) is 6.90. The van der Waals surface area contributed by atoms with E-state index in [0.717, 1.165) is 43.8 Å². The van der Waals surface area contributed by atoms with Crippen LogP contribution in [0.3, 0.4) is 0 Å². The summed E-state index contributed by atoms with van der Waals surface area (Å²) in [5.41, 5.74) is 1.85. The minimum absolute atomic E-state index is 0. The largest absolute Gasteiger partial charge is 0.377 e. The fourth-order valence-electron chi connectivity index (χ4n) is 4.68. The minimum Gasteiger partial charge on any atom is -0.377 e. The van der Waals surface area contributed by atoms with E-state index < -0.39 is 9.84 Å². The van der Waals surface area contributed by atoms with Gasteiger partial charge in [-0.05, 0) is 42.9 Å². The highest BCUT2D eigenvalue weighted by molar-refractivity contribution is 7.91. The fourth-order valence-corrected chi connectivity index (χ4v) is 6.60. The van der Waals surface area contributed by atoms with Crippen molar-refractivity contribution < 1.29 is 17.9 Å². The first-order chi connectivity index (χ1) is 15.8. The van der Waals surface area contributed by atoms with Gasteiger partial charge < -0.3 is 10.1 Å². The van der Waals surface area contributed by atoms with Crippen LogP contribution in [0.15, 0.2) is 29.2 Å². The van der Waals surface area contributed by atoms with E-state index in [2.05, 4.69) is 24.1 Å². The molecule has 4 rings (SSSR count). The average molecular weight is 524 g/mol. The van der Waals surface area contributed by atoms with E-state index in [0.29, 0.717) is 17.2 Å². The van der Waals surface area contributed by atoms with Gasteiger partial charge in [-0.3, -0.25) is 9.69 Å². The van der Waals surface area contributed by atoms with Gasteiger partial charge in [-0.25, -0.2) is 13.4 Å². The lowest BCUT2D eigenvalue weighted by Crippen LogP contribution is -2.36. The third-order valence-electron chi connectivity index (χ3n) is 6.36. The molecule has 2 atom stereocenters. The molecule has 1 N–H and O–H groups in total. The average Bonchev–Trinajstić information content (AvgIpc) is 3.31. The monoisotopic (exact) mass is 523 g/mol. The molecule has 9 heteroatoms. The number of nitrogens with one attached hydrogen (secondary N) is 1. The van der Waals surface area contributed by atoms with E-state index in [4.69, 9.17) is 9.72 Å². The highest BCUT2D eigenvalue weighted by Gasteiger charge is 2.37. The van der Waals surface area contributed by atoms with E-state index >= 15 is 0 Å². The standard InChI is InChI=1S/C24H33N3O4S2.2CH4/c1-4-33(29,30)19-10-8-17(9-11-19)13-21(28)25-24-26-22-20(32-24)15-27(23(22)16(2)3)14-18-7-5-6-12-31-18;;/h8-11,16,18,23H,4-7,12-15H2,1-3H3,(H,25,26,28);2*1H4/t18-,23+;;/m1../s1.